The minimum atomic E-state index is -0.868. The van der Waals surface area contributed by atoms with E-state index < -0.39 is 17.2 Å². The molecule has 2 aliphatic rings. The van der Waals surface area contributed by atoms with Gasteiger partial charge in [0.05, 0.1) is 27.7 Å². The Bertz CT molecular complexity index is 1300. The summed E-state index contributed by atoms with van der Waals surface area (Å²) in [6.45, 7) is 0.351. The van der Waals surface area contributed by atoms with Crippen molar-refractivity contribution in [3.8, 4) is 0 Å². The summed E-state index contributed by atoms with van der Waals surface area (Å²) < 4.78 is 28.6. The molecule has 5 rings (SSSR count). The fourth-order valence-electron chi connectivity index (χ4n) is 5.80. The van der Waals surface area contributed by atoms with Crippen LogP contribution in [0.5, 0.6) is 0 Å². The maximum atomic E-state index is 13.5. The number of aliphatic hydroxyl groups is 1. The standard InChI is InChI=1S/C26H26Cl2F2N4O2/c1-34-13-32-23(24(34)25(35)33-18-3-5-22(30)20(28)9-18)14-6-15-10-26(36,11-16(15)7-14)12-31-17-2-4-21(29)19(27)8-17/h2-5,8-9,13-16,31,36H,6-7,10-12H2,1H3,(H,33,35). The van der Waals surface area contributed by atoms with Gasteiger partial charge in [0.15, 0.2) is 0 Å². The highest BCUT2D eigenvalue weighted by atomic mass is 35.5. The number of aromatic nitrogens is 2. The van der Waals surface area contributed by atoms with Crippen molar-refractivity contribution in [1.29, 1.82) is 0 Å². The van der Waals surface area contributed by atoms with Crippen molar-refractivity contribution in [3.63, 3.8) is 0 Å². The normalized spacial score (nSPS) is 25.1. The van der Waals surface area contributed by atoms with E-state index in [0.29, 0.717) is 48.3 Å². The zero-order valence-corrected chi connectivity index (χ0v) is 21.1. The molecule has 2 fully saturated rings. The second kappa shape index (κ2) is 9.65. The number of imidazole rings is 1. The monoisotopic (exact) mass is 534 g/mol. The minimum absolute atomic E-state index is 0.0378. The smallest absolute Gasteiger partial charge is 0.274 e. The van der Waals surface area contributed by atoms with Gasteiger partial charge in [0, 0.05) is 30.9 Å². The predicted octanol–water partition coefficient (Wildman–Crippen LogP) is 6.00. The van der Waals surface area contributed by atoms with E-state index in [1.54, 1.807) is 24.0 Å². The minimum Gasteiger partial charge on any atom is -0.388 e. The number of carbonyl (C=O) groups is 1. The summed E-state index contributed by atoms with van der Waals surface area (Å²) in [6, 6.07) is 8.46. The molecule has 1 aromatic heterocycles. The lowest BCUT2D eigenvalue weighted by molar-refractivity contribution is 0.0515. The zero-order valence-electron chi connectivity index (χ0n) is 19.6. The molecule has 2 saturated carbocycles. The van der Waals surface area contributed by atoms with Crippen LogP contribution in [0.2, 0.25) is 10.0 Å². The van der Waals surface area contributed by atoms with E-state index in [9.17, 15) is 18.7 Å². The first-order valence-corrected chi connectivity index (χ1v) is 12.6. The second-order valence-electron chi connectivity index (χ2n) is 9.98. The number of hydrogen-bond acceptors (Lipinski definition) is 4. The number of nitrogens with zero attached hydrogens (tertiary/aromatic N) is 2. The Balaban J connectivity index is 1.23. The Morgan fingerprint density at radius 3 is 2.28 bits per heavy atom. The third-order valence-corrected chi connectivity index (χ3v) is 7.99. The Kier molecular flexibility index (Phi) is 6.70. The van der Waals surface area contributed by atoms with Crippen LogP contribution < -0.4 is 10.6 Å². The largest absolute Gasteiger partial charge is 0.388 e. The summed E-state index contributed by atoms with van der Waals surface area (Å²) in [5.41, 5.74) is 1.40. The number of amides is 1. The number of fused-ring (bicyclic) bond motifs is 1. The van der Waals surface area contributed by atoms with Crippen LogP contribution in [0.4, 0.5) is 20.2 Å². The lowest BCUT2D eigenvalue weighted by Crippen LogP contribution is -2.35. The van der Waals surface area contributed by atoms with Crippen molar-refractivity contribution in [1.82, 2.24) is 9.55 Å². The van der Waals surface area contributed by atoms with E-state index in [1.165, 1.54) is 30.3 Å². The van der Waals surface area contributed by atoms with Crippen molar-refractivity contribution in [2.45, 2.75) is 37.2 Å². The van der Waals surface area contributed by atoms with Gasteiger partial charge < -0.3 is 20.3 Å². The van der Waals surface area contributed by atoms with Gasteiger partial charge in [-0.2, -0.15) is 0 Å². The van der Waals surface area contributed by atoms with Crippen LogP contribution in [0.25, 0.3) is 0 Å². The first-order valence-electron chi connectivity index (χ1n) is 11.8. The molecule has 1 amide bonds. The second-order valence-corrected chi connectivity index (χ2v) is 10.8. The summed E-state index contributed by atoms with van der Waals surface area (Å²) in [5.74, 6) is -0.633. The number of halogens is 4. The quantitative estimate of drug-likeness (QED) is 0.362. The zero-order chi connectivity index (χ0) is 25.6. The van der Waals surface area contributed by atoms with Gasteiger partial charge in [0.1, 0.15) is 17.3 Å². The van der Waals surface area contributed by atoms with Crippen molar-refractivity contribution < 1.29 is 18.7 Å². The fourth-order valence-corrected chi connectivity index (χ4v) is 6.16. The van der Waals surface area contributed by atoms with E-state index in [-0.39, 0.29) is 21.9 Å². The molecule has 36 heavy (non-hydrogen) atoms. The number of carbonyl (C=O) groups excluding carboxylic acids is 1. The summed E-state index contributed by atoms with van der Waals surface area (Å²) in [7, 11) is 1.77. The Morgan fingerprint density at radius 1 is 1.08 bits per heavy atom. The number of nitrogens with one attached hydrogen (secondary N) is 2. The third-order valence-electron chi connectivity index (χ3n) is 7.41. The molecule has 3 N–H and O–H groups in total. The van der Waals surface area contributed by atoms with Crippen LogP contribution in [0.3, 0.4) is 0 Å². The third kappa shape index (κ3) is 4.94. The maximum Gasteiger partial charge on any atom is 0.274 e. The predicted molar refractivity (Wildman–Crippen MR) is 136 cm³/mol. The van der Waals surface area contributed by atoms with Crippen molar-refractivity contribution in [2.24, 2.45) is 18.9 Å². The number of aryl methyl sites for hydroxylation is 1. The molecular weight excluding hydrogens is 509 g/mol. The molecule has 2 atom stereocenters. The Morgan fingerprint density at radius 2 is 1.67 bits per heavy atom. The van der Waals surface area contributed by atoms with Gasteiger partial charge in [-0.15, -0.1) is 0 Å². The summed E-state index contributed by atoms with van der Waals surface area (Å²) >= 11 is 11.7. The molecule has 0 bridgehead atoms. The average molecular weight is 535 g/mol. The molecule has 3 aromatic rings. The summed E-state index contributed by atoms with van der Waals surface area (Å²) in [4.78, 5) is 17.6. The van der Waals surface area contributed by atoms with Crippen molar-refractivity contribution in [2.75, 3.05) is 17.2 Å². The van der Waals surface area contributed by atoms with E-state index in [4.69, 9.17) is 23.2 Å². The van der Waals surface area contributed by atoms with Crippen LogP contribution in [0, 0.1) is 23.5 Å². The highest BCUT2D eigenvalue weighted by Crippen LogP contribution is 2.54. The first-order chi connectivity index (χ1) is 17.1. The number of anilines is 2. The molecule has 2 aliphatic carbocycles. The lowest BCUT2D eigenvalue weighted by Gasteiger charge is -2.25. The van der Waals surface area contributed by atoms with Crippen LogP contribution >= 0.6 is 23.2 Å². The molecule has 0 spiro atoms. The van der Waals surface area contributed by atoms with Gasteiger partial charge in [0.25, 0.3) is 5.91 Å². The summed E-state index contributed by atoms with van der Waals surface area (Å²) in [6.07, 6.45) is 4.56. The van der Waals surface area contributed by atoms with Gasteiger partial charge in [-0.3, -0.25) is 4.79 Å². The van der Waals surface area contributed by atoms with Gasteiger partial charge in [-0.25, -0.2) is 13.8 Å². The SMILES string of the molecule is Cn1cnc(C2CC3CC(O)(CNc4ccc(F)c(Cl)c4)CC3C2)c1C(=O)Nc1ccc(F)c(Cl)c1. The molecule has 6 nitrogen and oxygen atoms in total. The van der Waals surface area contributed by atoms with Gasteiger partial charge in [-0.05, 0) is 73.9 Å². The van der Waals surface area contributed by atoms with Gasteiger partial charge >= 0.3 is 0 Å². The Labute approximate surface area is 217 Å². The molecule has 1 heterocycles. The molecule has 0 aliphatic heterocycles. The van der Waals surface area contributed by atoms with Crippen molar-refractivity contribution >= 4 is 40.5 Å². The van der Waals surface area contributed by atoms with Crippen LogP contribution in [0.15, 0.2) is 42.7 Å². The molecule has 10 heteroatoms. The number of hydrogen-bond donors (Lipinski definition) is 3. The first kappa shape index (κ1) is 25.0. The van der Waals surface area contributed by atoms with E-state index in [2.05, 4.69) is 15.6 Å². The highest BCUT2D eigenvalue weighted by Gasteiger charge is 2.49. The topological polar surface area (TPSA) is 79.2 Å². The average Bonchev–Trinajstić information content (AvgIpc) is 3.48. The van der Waals surface area contributed by atoms with E-state index in [0.717, 1.165) is 18.5 Å². The van der Waals surface area contributed by atoms with Crippen LogP contribution in [-0.4, -0.2) is 32.7 Å². The number of rotatable bonds is 6. The molecule has 2 aromatic carbocycles. The summed E-state index contributed by atoms with van der Waals surface area (Å²) in [5, 5.41) is 17.1. The van der Waals surface area contributed by atoms with Crippen molar-refractivity contribution in [3.05, 3.63) is 75.8 Å². The molecule has 190 valence electrons. The molecule has 0 saturated heterocycles. The molecule has 2 unspecified atom stereocenters. The maximum absolute atomic E-state index is 13.5. The Hall–Kier alpha value is -2.68. The van der Waals surface area contributed by atoms with Gasteiger partial charge in [0.2, 0.25) is 0 Å². The van der Waals surface area contributed by atoms with E-state index >= 15 is 0 Å². The fraction of sp³-hybridized carbons (Fsp3) is 0.385. The van der Waals surface area contributed by atoms with E-state index in [1.807, 2.05) is 0 Å². The van der Waals surface area contributed by atoms with Crippen LogP contribution in [-0.2, 0) is 7.05 Å². The molecule has 0 radical (unpaired) electrons. The lowest BCUT2D eigenvalue weighted by atomic mass is 9.92. The number of benzene rings is 2. The molecular formula is C26H26Cl2F2N4O2. The van der Waals surface area contributed by atoms with Crippen LogP contribution in [0.1, 0.15) is 47.8 Å². The van der Waals surface area contributed by atoms with Gasteiger partial charge in [-0.1, -0.05) is 23.2 Å². The highest BCUT2D eigenvalue weighted by molar-refractivity contribution is 6.31.